The molecule has 0 radical (unpaired) electrons. The predicted octanol–water partition coefficient (Wildman–Crippen LogP) is 0.0550. The summed E-state index contributed by atoms with van der Waals surface area (Å²) in [6.45, 7) is 1.09. The largest absolute Gasteiger partial charge is 0.296 e. The molecule has 1 fully saturated rings. The van der Waals surface area contributed by atoms with E-state index in [0.29, 0.717) is 13.1 Å². The van der Waals surface area contributed by atoms with Crippen molar-refractivity contribution >= 4 is 15.9 Å². The van der Waals surface area contributed by atoms with Crippen LogP contribution in [-0.2, 0) is 16.8 Å². The number of nitrogens with zero attached hydrogens (tertiary/aromatic N) is 3. The number of nitrogens with two attached hydrogens (primary N) is 1. The molecule has 0 aromatic heterocycles. The van der Waals surface area contributed by atoms with Gasteiger partial charge in [0.15, 0.2) is 0 Å². The van der Waals surface area contributed by atoms with Crippen molar-refractivity contribution in [2.24, 2.45) is 5.14 Å². The molecule has 2 rings (SSSR count). The molecular formula is C11H15FN4O4S. The van der Waals surface area contributed by atoms with Crippen LogP contribution in [0.4, 0.5) is 10.1 Å². The molecule has 10 heteroatoms. The molecule has 8 nitrogen and oxygen atoms in total. The van der Waals surface area contributed by atoms with E-state index >= 15 is 0 Å². The molecule has 21 heavy (non-hydrogen) atoms. The van der Waals surface area contributed by atoms with E-state index in [1.165, 1.54) is 18.2 Å². The van der Waals surface area contributed by atoms with Crippen LogP contribution >= 0.6 is 0 Å². The lowest BCUT2D eigenvalue weighted by molar-refractivity contribution is -0.386. The molecule has 1 aromatic rings. The highest BCUT2D eigenvalue weighted by Crippen LogP contribution is 2.23. The van der Waals surface area contributed by atoms with E-state index in [-0.39, 0.29) is 30.9 Å². The Balaban J connectivity index is 2.09. The van der Waals surface area contributed by atoms with E-state index in [4.69, 9.17) is 5.14 Å². The molecule has 0 unspecified atom stereocenters. The first-order chi connectivity index (χ1) is 9.79. The molecule has 1 aliphatic rings. The molecule has 1 aromatic carbocycles. The number of hydrogen-bond donors (Lipinski definition) is 1. The van der Waals surface area contributed by atoms with Gasteiger partial charge in [-0.1, -0.05) is 6.07 Å². The minimum Gasteiger partial charge on any atom is -0.296 e. The summed E-state index contributed by atoms with van der Waals surface area (Å²) >= 11 is 0. The summed E-state index contributed by atoms with van der Waals surface area (Å²) < 4.78 is 37.3. The Bertz CT molecular complexity index is 644. The lowest BCUT2D eigenvalue weighted by atomic mass is 10.1. The topological polar surface area (TPSA) is 110 Å². The summed E-state index contributed by atoms with van der Waals surface area (Å²) in [7, 11) is -3.73. The summed E-state index contributed by atoms with van der Waals surface area (Å²) in [6.07, 6.45) is 0. The van der Waals surface area contributed by atoms with E-state index in [1.807, 2.05) is 0 Å². The van der Waals surface area contributed by atoms with Gasteiger partial charge < -0.3 is 0 Å². The Morgan fingerprint density at radius 1 is 1.29 bits per heavy atom. The SMILES string of the molecule is NS(=O)(=O)N1CCN(Cc2c(F)cccc2[N+](=O)[O-])CC1. The molecule has 1 aliphatic heterocycles. The van der Waals surface area contributed by atoms with Crippen molar-refractivity contribution in [2.45, 2.75) is 6.54 Å². The smallest absolute Gasteiger partial charge is 0.276 e. The van der Waals surface area contributed by atoms with Crippen LogP contribution in [0.3, 0.4) is 0 Å². The van der Waals surface area contributed by atoms with Crippen LogP contribution in [0.2, 0.25) is 0 Å². The third-order valence-corrected chi connectivity index (χ3v) is 4.45. The summed E-state index contributed by atoms with van der Waals surface area (Å²) in [6, 6.07) is 3.71. The van der Waals surface area contributed by atoms with E-state index in [9.17, 15) is 22.9 Å². The van der Waals surface area contributed by atoms with Gasteiger partial charge in [0.05, 0.1) is 10.5 Å². The molecule has 2 N–H and O–H groups in total. The summed E-state index contributed by atoms with van der Waals surface area (Å²) in [4.78, 5) is 12.0. The van der Waals surface area contributed by atoms with Gasteiger partial charge in [0, 0.05) is 38.8 Å². The van der Waals surface area contributed by atoms with Crippen LogP contribution in [0.15, 0.2) is 18.2 Å². The molecule has 0 amide bonds. The zero-order valence-electron chi connectivity index (χ0n) is 11.1. The quantitative estimate of drug-likeness (QED) is 0.623. The van der Waals surface area contributed by atoms with E-state index in [2.05, 4.69) is 0 Å². The number of benzene rings is 1. The third kappa shape index (κ3) is 3.73. The standard InChI is InChI=1S/C11H15FN4O4S/c12-10-2-1-3-11(16(17)18)9(10)8-14-4-6-15(7-5-14)21(13,19)20/h1-3H,4-8H2,(H2,13,19,20). The zero-order valence-corrected chi connectivity index (χ0v) is 11.9. The average Bonchev–Trinajstić information content (AvgIpc) is 2.40. The second-order valence-electron chi connectivity index (χ2n) is 4.71. The lowest BCUT2D eigenvalue weighted by Gasteiger charge is -2.32. The lowest BCUT2D eigenvalue weighted by Crippen LogP contribution is -2.50. The fraction of sp³-hybridized carbons (Fsp3) is 0.455. The minimum absolute atomic E-state index is 0.00607. The van der Waals surface area contributed by atoms with Gasteiger partial charge in [-0.3, -0.25) is 15.0 Å². The molecule has 0 spiro atoms. The number of nitro benzene ring substituents is 1. The number of nitro groups is 1. The predicted molar refractivity (Wildman–Crippen MR) is 73.0 cm³/mol. The Hall–Kier alpha value is -1.62. The normalized spacial score (nSPS) is 17.8. The fourth-order valence-electron chi connectivity index (χ4n) is 2.24. The molecule has 116 valence electrons. The fourth-order valence-corrected chi connectivity index (χ4v) is 2.91. The number of halogens is 1. The minimum atomic E-state index is -3.73. The molecule has 0 bridgehead atoms. The maximum absolute atomic E-state index is 13.8. The van der Waals surface area contributed by atoms with Crippen LogP contribution in [0, 0.1) is 15.9 Å². The van der Waals surface area contributed by atoms with E-state index in [0.717, 1.165) is 4.31 Å². The third-order valence-electron chi connectivity index (χ3n) is 3.36. The van der Waals surface area contributed by atoms with Crippen molar-refractivity contribution in [2.75, 3.05) is 26.2 Å². The van der Waals surface area contributed by atoms with Crippen LogP contribution < -0.4 is 5.14 Å². The second kappa shape index (κ2) is 6.02. The van der Waals surface area contributed by atoms with Gasteiger partial charge in [0.2, 0.25) is 0 Å². The Labute approximate surface area is 121 Å². The highest BCUT2D eigenvalue weighted by molar-refractivity contribution is 7.86. The van der Waals surface area contributed by atoms with Crippen molar-refractivity contribution in [3.05, 3.63) is 39.7 Å². The van der Waals surface area contributed by atoms with Gasteiger partial charge in [-0.25, -0.2) is 9.53 Å². The monoisotopic (exact) mass is 318 g/mol. The van der Waals surface area contributed by atoms with E-state index < -0.39 is 20.9 Å². The van der Waals surface area contributed by atoms with Crippen LogP contribution in [0.1, 0.15) is 5.56 Å². The molecular weight excluding hydrogens is 303 g/mol. The molecule has 0 saturated carbocycles. The Kier molecular flexibility index (Phi) is 4.52. The highest BCUT2D eigenvalue weighted by Gasteiger charge is 2.26. The first-order valence-electron chi connectivity index (χ1n) is 6.21. The van der Waals surface area contributed by atoms with Crippen molar-refractivity contribution in [1.82, 2.24) is 9.21 Å². The first kappa shape index (κ1) is 15.8. The van der Waals surface area contributed by atoms with Crippen LogP contribution in [0.5, 0.6) is 0 Å². The van der Waals surface area contributed by atoms with E-state index in [1.54, 1.807) is 4.90 Å². The van der Waals surface area contributed by atoms with Crippen LogP contribution in [-0.4, -0.2) is 48.7 Å². The van der Waals surface area contributed by atoms with Gasteiger partial charge in [-0.2, -0.15) is 12.7 Å². The van der Waals surface area contributed by atoms with Crippen molar-refractivity contribution in [3.8, 4) is 0 Å². The zero-order chi connectivity index (χ0) is 15.6. The van der Waals surface area contributed by atoms with Crippen molar-refractivity contribution in [1.29, 1.82) is 0 Å². The Morgan fingerprint density at radius 2 is 1.90 bits per heavy atom. The maximum Gasteiger partial charge on any atom is 0.276 e. The summed E-state index contributed by atoms with van der Waals surface area (Å²) in [5.41, 5.74) is -0.268. The summed E-state index contributed by atoms with van der Waals surface area (Å²) in [5, 5.41) is 15.9. The Morgan fingerprint density at radius 3 is 2.43 bits per heavy atom. The number of hydrogen-bond acceptors (Lipinski definition) is 5. The molecule has 1 heterocycles. The number of piperazine rings is 1. The van der Waals surface area contributed by atoms with Crippen LogP contribution in [0.25, 0.3) is 0 Å². The van der Waals surface area contributed by atoms with Gasteiger partial charge >= 0.3 is 0 Å². The van der Waals surface area contributed by atoms with Crippen molar-refractivity contribution < 1.29 is 17.7 Å². The molecule has 0 atom stereocenters. The molecule has 1 saturated heterocycles. The first-order valence-corrected chi connectivity index (χ1v) is 7.71. The average molecular weight is 318 g/mol. The maximum atomic E-state index is 13.8. The second-order valence-corrected chi connectivity index (χ2v) is 6.26. The van der Waals surface area contributed by atoms with Crippen molar-refractivity contribution in [3.63, 3.8) is 0 Å². The summed E-state index contributed by atoms with van der Waals surface area (Å²) in [5.74, 6) is -0.641. The van der Waals surface area contributed by atoms with Gasteiger partial charge in [0.1, 0.15) is 5.82 Å². The van der Waals surface area contributed by atoms with Gasteiger partial charge in [-0.15, -0.1) is 0 Å². The highest BCUT2D eigenvalue weighted by atomic mass is 32.2. The number of rotatable bonds is 4. The van der Waals surface area contributed by atoms with Gasteiger partial charge in [-0.05, 0) is 6.07 Å². The molecule has 0 aliphatic carbocycles. The van der Waals surface area contributed by atoms with Gasteiger partial charge in [0.25, 0.3) is 15.9 Å².